The molecule has 2 aromatic rings. The largest absolute Gasteiger partial charge is 0.508 e. The van der Waals surface area contributed by atoms with E-state index in [-0.39, 0.29) is 29.2 Å². The standard InChI is InChI=1S/C25H35NO4/c1-16(2)9-8-10-19(7)13-14-29-23-21-12-11-20(27)15-22(21)26(17(3)4)25(28)24(23)30-18(5)6/h9,11-13,15,17-18,27H,8,10,14H2,1-7H3/b19-13+. The summed E-state index contributed by atoms with van der Waals surface area (Å²) >= 11 is 0. The third-order valence-electron chi connectivity index (χ3n) is 4.73. The topological polar surface area (TPSA) is 60.7 Å². The van der Waals surface area contributed by atoms with Crippen LogP contribution in [0.15, 0.2) is 46.3 Å². The van der Waals surface area contributed by atoms with E-state index in [1.165, 1.54) is 11.1 Å². The minimum absolute atomic E-state index is 0.0948. The molecule has 30 heavy (non-hydrogen) atoms. The van der Waals surface area contributed by atoms with Crippen LogP contribution in [0.3, 0.4) is 0 Å². The fraction of sp³-hybridized carbons (Fsp3) is 0.480. The Morgan fingerprint density at radius 3 is 2.40 bits per heavy atom. The van der Waals surface area contributed by atoms with E-state index in [1.54, 1.807) is 22.8 Å². The Morgan fingerprint density at radius 2 is 1.80 bits per heavy atom. The molecule has 0 aliphatic heterocycles. The number of pyridine rings is 1. The van der Waals surface area contributed by atoms with Gasteiger partial charge < -0.3 is 19.1 Å². The van der Waals surface area contributed by atoms with Gasteiger partial charge in [-0.05, 0) is 79.5 Å². The van der Waals surface area contributed by atoms with Crippen LogP contribution in [0, 0.1) is 0 Å². The number of phenols is 1. The van der Waals surface area contributed by atoms with Gasteiger partial charge in [0.1, 0.15) is 12.4 Å². The van der Waals surface area contributed by atoms with Gasteiger partial charge in [0.15, 0.2) is 5.75 Å². The second kappa shape index (κ2) is 10.4. The molecule has 1 aromatic carbocycles. The molecule has 0 atom stereocenters. The Labute approximate surface area is 179 Å². The summed E-state index contributed by atoms with van der Waals surface area (Å²) in [5, 5.41) is 10.7. The molecule has 1 N–H and O–H groups in total. The number of rotatable bonds is 9. The first-order valence-electron chi connectivity index (χ1n) is 10.6. The van der Waals surface area contributed by atoms with Crippen LogP contribution in [0.4, 0.5) is 0 Å². The first-order valence-corrected chi connectivity index (χ1v) is 10.6. The van der Waals surface area contributed by atoms with Crippen molar-refractivity contribution in [2.75, 3.05) is 6.61 Å². The summed E-state index contributed by atoms with van der Waals surface area (Å²) in [6, 6.07) is 4.88. The van der Waals surface area contributed by atoms with E-state index in [0.29, 0.717) is 17.9 Å². The summed E-state index contributed by atoms with van der Waals surface area (Å²) in [4.78, 5) is 13.2. The number of phenolic OH excluding ortho intramolecular Hbond substituents is 1. The lowest BCUT2D eigenvalue weighted by Crippen LogP contribution is -2.26. The third-order valence-corrected chi connectivity index (χ3v) is 4.73. The Balaban J connectivity index is 2.48. The molecule has 1 aromatic heterocycles. The molecule has 2 rings (SSSR count). The van der Waals surface area contributed by atoms with Gasteiger partial charge in [0.2, 0.25) is 5.75 Å². The Bertz CT molecular complexity index is 992. The summed E-state index contributed by atoms with van der Waals surface area (Å²) in [5.41, 5.74) is 2.92. The molecule has 0 amide bonds. The van der Waals surface area contributed by atoms with Crippen LogP contribution < -0.4 is 15.0 Å². The summed E-state index contributed by atoms with van der Waals surface area (Å²) < 4.78 is 13.6. The number of allylic oxidation sites excluding steroid dienone is 3. The minimum atomic E-state index is -0.254. The molecule has 0 aliphatic rings. The number of aromatic hydroxyl groups is 1. The maximum Gasteiger partial charge on any atom is 0.297 e. The molecule has 0 unspecified atom stereocenters. The highest BCUT2D eigenvalue weighted by atomic mass is 16.5. The highest BCUT2D eigenvalue weighted by molar-refractivity contribution is 5.89. The molecular formula is C25H35NO4. The van der Waals surface area contributed by atoms with Gasteiger partial charge in [-0.2, -0.15) is 0 Å². The second-order valence-electron chi connectivity index (χ2n) is 8.48. The van der Waals surface area contributed by atoms with Gasteiger partial charge >= 0.3 is 0 Å². The maximum absolute atomic E-state index is 13.2. The van der Waals surface area contributed by atoms with Crippen molar-refractivity contribution in [1.29, 1.82) is 0 Å². The zero-order chi connectivity index (χ0) is 22.4. The van der Waals surface area contributed by atoms with Crippen molar-refractivity contribution < 1.29 is 14.6 Å². The molecule has 0 saturated carbocycles. The van der Waals surface area contributed by atoms with Crippen molar-refractivity contribution >= 4 is 10.9 Å². The molecule has 5 heteroatoms. The van der Waals surface area contributed by atoms with Crippen LogP contribution in [0.2, 0.25) is 0 Å². The number of fused-ring (bicyclic) bond motifs is 1. The van der Waals surface area contributed by atoms with Crippen LogP contribution in [0.25, 0.3) is 10.9 Å². The summed E-state index contributed by atoms with van der Waals surface area (Å²) in [7, 11) is 0. The second-order valence-corrected chi connectivity index (χ2v) is 8.48. The molecule has 164 valence electrons. The van der Waals surface area contributed by atoms with Crippen molar-refractivity contribution in [3.63, 3.8) is 0 Å². The predicted octanol–water partition coefficient (Wildman–Crippen LogP) is 6.15. The van der Waals surface area contributed by atoms with Gasteiger partial charge in [0, 0.05) is 17.5 Å². The van der Waals surface area contributed by atoms with Gasteiger partial charge in [-0.1, -0.05) is 17.2 Å². The monoisotopic (exact) mass is 413 g/mol. The van der Waals surface area contributed by atoms with Crippen LogP contribution in [0.5, 0.6) is 17.2 Å². The van der Waals surface area contributed by atoms with Gasteiger partial charge in [-0.15, -0.1) is 0 Å². The van der Waals surface area contributed by atoms with E-state index in [9.17, 15) is 9.90 Å². The van der Waals surface area contributed by atoms with Crippen molar-refractivity contribution in [3.05, 3.63) is 51.9 Å². The smallest absolute Gasteiger partial charge is 0.297 e. The lowest BCUT2D eigenvalue weighted by atomic mass is 10.1. The van der Waals surface area contributed by atoms with E-state index in [1.807, 2.05) is 33.8 Å². The zero-order valence-corrected chi connectivity index (χ0v) is 19.3. The first-order chi connectivity index (χ1) is 14.1. The number of aromatic nitrogens is 1. The number of hydrogen-bond donors (Lipinski definition) is 1. The Hall–Kier alpha value is -2.69. The molecule has 0 spiro atoms. The fourth-order valence-electron chi connectivity index (χ4n) is 3.30. The van der Waals surface area contributed by atoms with Crippen LogP contribution >= 0.6 is 0 Å². The number of hydrogen-bond acceptors (Lipinski definition) is 4. The zero-order valence-electron chi connectivity index (χ0n) is 19.3. The maximum atomic E-state index is 13.2. The highest BCUT2D eigenvalue weighted by Crippen LogP contribution is 2.36. The molecule has 0 radical (unpaired) electrons. The van der Waals surface area contributed by atoms with Gasteiger partial charge in [-0.25, -0.2) is 0 Å². The predicted molar refractivity (Wildman–Crippen MR) is 124 cm³/mol. The molecule has 0 saturated heterocycles. The quantitative estimate of drug-likeness (QED) is 0.501. The minimum Gasteiger partial charge on any atom is -0.508 e. The summed E-state index contributed by atoms with van der Waals surface area (Å²) in [6.45, 7) is 14.3. The Morgan fingerprint density at radius 1 is 1.10 bits per heavy atom. The number of nitrogens with zero attached hydrogens (tertiary/aromatic N) is 1. The van der Waals surface area contributed by atoms with Crippen LogP contribution in [-0.4, -0.2) is 22.4 Å². The SMILES string of the molecule is CC(C)=CCC/C(C)=C/COc1c(OC(C)C)c(=O)n(C(C)C)c2cc(O)ccc12. The van der Waals surface area contributed by atoms with Gasteiger partial charge in [-0.3, -0.25) is 4.79 Å². The van der Waals surface area contributed by atoms with E-state index in [4.69, 9.17) is 9.47 Å². The van der Waals surface area contributed by atoms with Crippen molar-refractivity contribution in [3.8, 4) is 17.2 Å². The molecular weight excluding hydrogens is 378 g/mol. The Kier molecular flexibility index (Phi) is 8.16. The normalized spacial score (nSPS) is 12.0. The third kappa shape index (κ3) is 5.91. The molecule has 0 fully saturated rings. The van der Waals surface area contributed by atoms with Crippen LogP contribution in [-0.2, 0) is 0 Å². The van der Waals surface area contributed by atoms with E-state index < -0.39 is 0 Å². The highest BCUT2D eigenvalue weighted by Gasteiger charge is 2.22. The van der Waals surface area contributed by atoms with Crippen LogP contribution in [0.1, 0.15) is 67.3 Å². The average molecular weight is 414 g/mol. The fourth-order valence-corrected chi connectivity index (χ4v) is 3.30. The molecule has 1 heterocycles. The number of ether oxygens (including phenoxy) is 2. The van der Waals surface area contributed by atoms with E-state index >= 15 is 0 Å². The molecule has 0 aliphatic carbocycles. The van der Waals surface area contributed by atoms with Crippen molar-refractivity contribution in [1.82, 2.24) is 4.57 Å². The van der Waals surface area contributed by atoms with E-state index in [0.717, 1.165) is 18.2 Å². The van der Waals surface area contributed by atoms with Gasteiger partial charge in [0.25, 0.3) is 5.56 Å². The van der Waals surface area contributed by atoms with Crippen molar-refractivity contribution in [2.45, 2.75) is 73.5 Å². The lowest BCUT2D eigenvalue weighted by molar-refractivity contribution is 0.221. The van der Waals surface area contributed by atoms with Crippen molar-refractivity contribution in [2.24, 2.45) is 0 Å². The summed E-state index contributed by atoms with van der Waals surface area (Å²) in [6.07, 6.45) is 6.06. The lowest BCUT2D eigenvalue weighted by Gasteiger charge is -2.21. The number of benzene rings is 1. The van der Waals surface area contributed by atoms with E-state index in [2.05, 4.69) is 26.8 Å². The average Bonchev–Trinajstić information content (AvgIpc) is 2.63. The molecule has 5 nitrogen and oxygen atoms in total. The first kappa shape index (κ1) is 23.6. The van der Waals surface area contributed by atoms with Gasteiger partial charge in [0.05, 0.1) is 11.6 Å². The molecule has 0 bridgehead atoms. The summed E-state index contributed by atoms with van der Waals surface area (Å²) in [5.74, 6) is 0.747.